The minimum absolute atomic E-state index is 0.152. The largest absolute Gasteiger partial charge is 0.307 e. The molecule has 0 fully saturated rings. The predicted molar refractivity (Wildman–Crippen MR) is 51.6 cm³/mol. The number of alkyl halides is 1. The molecule has 1 heterocycles. The van der Waals surface area contributed by atoms with E-state index in [9.17, 15) is 4.79 Å². The van der Waals surface area contributed by atoms with Gasteiger partial charge in [-0.3, -0.25) is 4.79 Å². The number of rotatable bonds is 4. The van der Waals surface area contributed by atoms with Gasteiger partial charge in [-0.25, -0.2) is 0 Å². The number of thiazole rings is 1. The number of unbranched alkanes of at least 4 members (excludes halogenated alkanes) is 1. The third-order valence-corrected chi connectivity index (χ3v) is 2.68. The molecule has 0 atom stereocenters. The molecule has 0 aliphatic carbocycles. The molecule has 4 heteroatoms. The summed E-state index contributed by atoms with van der Waals surface area (Å²) < 4.78 is 1.76. The molecule has 1 aromatic heterocycles. The van der Waals surface area contributed by atoms with Gasteiger partial charge in [0.25, 0.3) is 0 Å². The van der Waals surface area contributed by atoms with Crippen molar-refractivity contribution in [2.45, 2.75) is 19.4 Å². The maximum absolute atomic E-state index is 11.0. The first kappa shape index (κ1) is 9.00. The highest BCUT2D eigenvalue weighted by molar-refractivity contribution is 9.09. The second-order valence-corrected chi connectivity index (χ2v) is 3.91. The lowest BCUT2D eigenvalue weighted by atomic mass is 10.3. The maximum atomic E-state index is 11.0. The molecule has 62 valence electrons. The first-order chi connectivity index (χ1) is 5.34. The highest BCUT2D eigenvalue weighted by Gasteiger charge is 1.94. The Morgan fingerprint density at radius 1 is 1.55 bits per heavy atom. The molecule has 0 unspecified atom stereocenters. The Hall–Kier alpha value is -0.0900. The van der Waals surface area contributed by atoms with Crippen LogP contribution in [0.25, 0.3) is 0 Å². The summed E-state index contributed by atoms with van der Waals surface area (Å²) in [5.74, 6) is 0. The van der Waals surface area contributed by atoms with Crippen molar-refractivity contribution in [3.05, 3.63) is 21.2 Å². The second kappa shape index (κ2) is 4.72. The van der Waals surface area contributed by atoms with Gasteiger partial charge >= 0.3 is 4.87 Å². The van der Waals surface area contributed by atoms with Gasteiger partial charge < -0.3 is 4.57 Å². The molecule has 0 saturated heterocycles. The fourth-order valence-electron chi connectivity index (χ4n) is 0.833. The van der Waals surface area contributed by atoms with Crippen molar-refractivity contribution in [2.24, 2.45) is 0 Å². The molecule has 1 rings (SSSR count). The molecule has 11 heavy (non-hydrogen) atoms. The van der Waals surface area contributed by atoms with Crippen LogP contribution in [0.15, 0.2) is 16.4 Å². The molecule has 0 N–H and O–H groups in total. The summed E-state index contributed by atoms with van der Waals surface area (Å²) in [6.07, 6.45) is 4.05. The van der Waals surface area contributed by atoms with Crippen LogP contribution in [0.2, 0.25) is 0 Å². The van der Waals surface area contributed by atoms with Crippen LogP contribution in [0.4, 0.5) is 0 Å². The molecule has 0 amide bonds. The van der Waals surface area contributed by atoms with E-state index in [4.69, 9.17) is 0 Å². The van der Waals surface area contributed by atoms with Gasteiger partial charge in [0.1, 0.15) is 0 Å². The lowest BCUT2D eigenvalue weighted by Gasteiger charge is -1.97. The van der Waals surface area contributed by atoms with Crippen molar-refractivity contribution in [3.8, 4) is 0 Å². The summed E-state index contributed by atoms with van der Waals surface area (Å²) in [7, 11) is 0. The molecule has 1 aromatic rings. The quantitative estimate of drug-likeness (QED) is 0.579. The first-order valence-electron chi connectivity index (χ1n) is 3.54. The van der Waals surface area contributed by atoms with Gasteiger partial charge in [-0.05, 0) is 12.8 Å². The van der Waals surface area contributed by atoms with Crippen molar-refractivity contribution in [3.63, 3.8) is 0 Å². The van der Waals surface area contributed by atoms with Crippen LogP contribution in [0.3, 0.4) is 0 Å². The van der Waals surface area contributed by atoms with Crippen molar-refractivity contribution < 1.29 is 0 Å². The molecule has 0 aromatic carbocycles. The zero-order chi connectivity index (χ0) is 8.10. The van der Waals surface area contributed by atoms with Crippen LogP contribution in [-0.2, 0) is 6.54 Å². The zero-order valence-corrected chi connectivity index (χ0v) is 8.53. The van der Waals surface area contributed by atoms with Crippen LogP contribution in [0.5, 0.6) is 0 Å². The SMILES string of the molecule is O=c1sccn1CCCCBr. The average Bonchev–Trinajstić information content (AvgIpc) is 2.37. The van der Waals surface area contributed by atoms with Crippen LogP contribution in [-0.4, -0.2) is 9.90 Å². The molecule has 0 aliphatic rings. The summed E-state index contributed by atoms with van der Waals surface area (Å²) in [6.45, 7) is 0.855. The first-order valence-corrected chi connectivity index (χ1v) is 5.54. The smallest absolute Gasteiger partial charge is 0.306 e. The number of aromatic nitrogens is 1. The minimum Gasteiger partial charge on any atom is -0.306 e. The van der Waals surface area contributed by atoms with Gasteiger partial charge in [0.05, 0.1) is 0 Å². The summed E-state index contributed by atoms with van der Waals surface area (Å²) in [6, 6.07) is 0. The lowest BCUT2D eigenvalue weighted by Crippen LogP contribution is -2.11. The maximum Gasteiger partial charge on any atom is 0.307 e. The summed E-state index contributed by atoms with van der Waals surface area (Å²) in [5, 5.41) is 2.85. The van der Waals surface area contributed by atoms with Gasteiger partial charge in [0.2, 0.25) is 0 Å². The van der Waals surface area contributed by atoms with E-state index in [1.807, 2.05) is 11.6 Å². The van der Waals surface area contributed by atoms with E-state index in [0.717, 1.165) is 24.7 Å². The Morgan fingerprint density at radius 3 is 2.91 bits per heavy atom. The van der Waals surface area contributed by atoms with Crippen LogP contribution < -0.4 is 4.87 Å². The fourth-order valence-corrected chi connectivity index (χ4v) is 1.84. The molecule has 2 nitrogen and oxygen atoms in total. The Kier molecular flexibility index (Phi) is 3.86. The van der Waals surface area contributed by atoms with Gasteiger partial charge in [-0.2, -0.15) is 0 Å². The predicted octanol–water partition coefficient (Wildman–Crippen LogP) is 2.08. The van der Waals surface area contributed by atoms with E-state index >= 15 is 0 Å². The number of hydrogen-bond donors (Lipinski definition) is 0. The third kappa shape index (κ3) is 2.79. The van der Waals surface area contributed by atoms with E-state index in [1.165, 1.54) is 11.3 Å². The Labute approximate surface area is 78.0 Å². The number of aryl methyl sites for hydroxylation is 1. The zero-order valence-electron chi connectivity index (χ0n) is 6.12. The summed E-state index contributed by atoms with van der Waals surface area (Å²) >= 11 is 4.61. The Balaban J connectivity index is 2.39. The number of halogens is 1. The average molecular weight is 236 g/mol. The normalized spacial score (nSPS) is 10.3. The molecular weight excluding hydrogens is 226 g/mol. The van der Waals surface area contributed by atoms with Crippen LogP contribution in [0, 0.1) is 0 Å². The van der Waals surface area contributed by atoms with Crippen LogP contribution in [0.1, 0.15) is 12.8 Å². The molecule has 0 radical (unpaired) electrons. The second-order valence-electron chi connectivity index (χ2n) is 2.26. The number of nitrogens with zero attached hydrogens (tertiary/aromatic N) is 1. The third-order valence-electron chi connectivity index (χ3n) is 1.43. The molecule has 0 spiro atoms. The van der Waals surface area contributed by atoms with Crippen molar-refractivity contribution in [1.29, 1.82) is 0 Å². The summed E-state index contributed by atoms with van der Waals surface area (Å²) in [4.78, 5) is 11.1. The minimum atomic E-state index is 0.152. The molecular formula is C7H10BrNOS. The van der Waals surface area contributed by atoms with Crippen molar-refractivity contribution in [1.82, 2.24) is 4.57 Å². The van der Waals surface area contributed by atoms with Gasteiger partial charge in [-0.15, -0.1) is 0 Å². The molecule has 0 saturated carbocycles. The van der Waals surface area contributed by atoms with Crippen LogP contribution >= 0.6 is 27.3 Å². The lowest BCUT2D eigenvalue weighted by molar-refractivity contribution is 0.628. The van der Waals surface area contributed by atoms with E-state index < -0.39 is 0 Å². The fraction of sp³-hybridized carbons (Fsp3) is 0.571. The Bertz CT molecular complexity index is 255. The van der Waals surface area contributed by atoms with E-state index in [2.05, 4.69) is 15.9 Å². The van der Waals surface area contributed by atoms with Crippen molar-refractivity contribution >= 4 is 27.3 Å². The van der Waals surface area contributed by atoms with Gasteiger partial charge in [0.15, 0.2) is 0 Å². The highest BCUT2D eigenvalue weighted by atomic mass is 79.9. The molecule has 0 bridgehead atoms. The summed E-state index contributed by atoms with van der Waals surface area (Å²) in [5.41, 5.74) is 0. The van der Waals surface area contributed by atoms with E-state index in [0.29, 0.717) is 0 Å². The van der Waals surface area contributed by atoms with Crippen molar-refractivity contribution in [2.75, 3.05) is 5.33 Å². The Morgan fingerprint density at radius 2 is 2.36 bits per heavy atom. The molecule has 0 aliphatic heterocycles. The van der Waals surface area contributed by atoms with E-state index in [1.54, 1.807) is 4.57 Å². The van der Waals surface area contributed by atoms with Gasteiger partial charge in [-0.1, -0.05) is 27.3 Å². The van der Waals surface area contributed by atoms with E-state index in [-0.39, 0.29) is 4.87 Å². The topological polar surface area (TPSA) is 22.0 Å². The highest BCUT2D eigenvalue weighted by Crippen LogP contribution is 1.97. The monoisotopic (exact) mass is 235 g/mol. The number of hydrogen-bond acceptors (Lipinski definition) is 2. The standard InChI is InChI=1S/C7H10BrNOS/c8-3-1-2-4-9-5-6-11-7(9)10/h5-6H,1-4H2. The van der Waals surface area contributed by atoms with Gasteiger partial charge in [0, 0.05) is 23.5 Å².